The molecule has 0 amide bonds. The average Bonchev–Trinajstić information content (AvgIpc) is 3.57. The summed E-state index contributed by atoms with van der Waals surface area (Å²) < 4.78 is 11.9. The van der Waals surface area contributed by atoms with Crippen LogP contribution in [-0.4, -0.2) is 33.8 Å². The third-order valence-electron chi connectivity index (χ3n) is 8.12. The first-order chi connectivity index (χ1) is 20.4. The number of benzene rings is 1. The molecule has 4 rings (SSSR count). The molecule has 0 saturated heterocycles. The molecule has 1 aromatic carbocycles. The van der Waals surface area contributed by atoms with Gasteiger partial charge in [-0.2, -0.15) is 0 Å². The van der Waals surface area contributed by atoms with Crippen LogP contribution in [0.4, 0.5) is 11.6 Å². The van der Waals surface area contributed by atoms with Crippen LogP contribution in [0.2, 0.25) is 0 Å². The first kappa shape index (κ1) is 32.8. The fourth-order valence-electron chi connectivity index (χ4n) is 5.94. The number of nitroso groups, excluding NO2 is 1. The van der Waals surface area contributed by atoms with Gasteiger partial charge in [0.05, 0.1) is 12.7 Å². The Balaban J connectivity index is 0.00000237. The van der Waals surface area contributed by atoms with Crippen LogP contribution < -0.4 is 10.1 Å². The number of nitrogens with zero attached hydrogens (tertiary/aromatic N) is 3. The Bertz CT molecular complexity index is 1250. The molecule has 0 radical (unpaired) electrons. The Labute approximate surface area is 249 Å². The topological polar surface area (TPSA) is 123 Å². The lowest BCUT2D eigenvalue weighted by atomic mass is 9.76. The van der Waals surface area contributed by atoms with Gasteiger partial charge in [-0.05, 0) is 72.9 Å². The van der Waals surface area contributed by atoms with Gasteiger partial charge in [-0.1, -0.05) is 53.0 Å². The minimum absolute atomic E-state index is 0.0862. The Kier molecular flexibility index (Phi) is 12.5. The number of rotatable bonds is 13. The number of cyclic esters (lactones) is 1. The van der Waals surface area contributed by atoms with E-state index >= 15 is 0 Å². The molecule has 2 N–H and O–H groups in total. The highest BCUT2D eigenvalue weighted by Gasteiger charge is 2.48. The van der Waals surface area contributed by atoms with E-state index in [9.17, 15) is 14.8 Å². The van der Waals surface area contributed by atoms with Gasteiger partial charge >= 0.3 is 5.97 Å². The van der Waals surface area contributed by atoms with Gasteiger partial charge in [0, 0.05) is 37.0 Å². The fourth-order valence-corrected chi connectivity index (χ4v) is 5.94. The second-order valence-corrected chi connectivity index (χ2v) is 10.7. The number of carbonyl (C=O) groups is 1. The molecular weight excluding hydrogens is 532 g/mol. The molecule has 1 saturated carbocycles. The maximum Gasteiger partial charge on any atom is 0.338 e. The second-order valence-electron chi connectivity index (χ2n) is 10.7. The van der Waals surface area contributed by atoms with E-state index in [0.29, 0.717) is 36.6 Å². The van der Waals surface area contributed by atoms with Crippen molar-refractivity contribution in [1.29, 1.82) is 0 Å². The SMILES string of the molecule is CC.CCC/C=C(\CC1=C(O)CC(CCc2cc(CC)c(N=O)cc2OC)(C2CCCC2)OC1=O)Nc1ncccn1. The molecule has 2 aromatic rings. The molecule has 2 heterocycles. The van der Waals surface area contributed by atoms with Gasteiger partial charge in [-0.3, -0.25) is 0 Å². The highest BCUT2D eigenvalue weighted by atomic mass is 16.6. The molecular formula is C33H46N4O5. The smallest absolute Gasteiger partial charge is 0.338 e. The van der Waals surface area contributed by atoms with Crippen molar-refractivity contribution in [2.45, 2.75) is 104 Å². The van der Waals surface area contributed by atoms with E-state index in [1.54, 1.807) is 31.6 Å². The molecule has 2 aliphatic rings. The highest BCUT2D eigenvalue weighted by molar-refractivity contribution is 5.91. The number of hydrogen-bond donors (Lipinski definition) is 2. The Morgan fingerprint density at radius 1 is 1.19 bits per heavy atom. The molecule has 1 atom stereocenters. The largest absolute Gasteiger partial charge is 0.512 e. The summed E-state index contributed by atoms with van der Waals surface area (Å²) in [5, 5.41) is 17.7. The molecule has 9 heteroatoms. The maximum atomic E-state index is 13.6. The van der Waals surface area contributed by atoms with Crippen LogP contribution in [0.1, 0.15) is 96.6 Å². The molecule has 0 bridgehead atoms. The number of nitrogens with one attached hydrogen (secondary N) is 1. The third kappa shape index (κ3) is 7.95. The number of carbonyl (C=O) groups excluding carboxylic acids is 1. The van der Waals surface area contributed by atoms with Crippen LogP contribution in [0.15, 0.2) is 58.9 Å². The van der Waals surface area contributed by atoms with Crippen LogP contribution in [0.5, 0.6) is 5.75 Å². The molecule has 1 aliphatic carbocycles. The number of aliphatic hydroxyl groups is 1. The number of aliphatic hydroxyl groups excluding tert-OH is 1. The van der Waals surface area contributed by atoms with Crippen LogP contribution >= 0.6 is 0 Å². The zero-order chi connectivity index (χ0) is 30.5. The van der Waals surface area contributed by atoms with Crippen molar-refractivity contribution in [2.24, 2.45) is 11.1 Å². The zero-order valence-electron chi connectivity index (χ0n) is 25.7. The summed E-state index contributed by atoms with van der Waals surface area (Å²) in [5.41, 5.74) is 2.39. The molecule has 1 fully saturated rings. The van der Waals surface area contributed by atoms with Gasteiger partial charge in [0.15, 0.2) is 0 Å². The Morgan fingerprint density at radius 2 is 1.90 bits per heavy atom. The summed E-state index contributed by atoms with van der Waals surface area (Å²) in [6.45, 7) is 8.06. The number of esters is 1. The summed E-state index contributed by atoms with van der Waals surface area (Å²) >= 11 is 0. The molecule has 228 valence electrons. The lowest BCUT2D eigenvalue weighted by Gasteiger charge is -2.42. The summed E-state index contributed by atoms with van der Waals surface area (Å²) in [7, 11) is 1.57. The fraction of sp³-hybridized carbons (Fsp3) is 0.545. The highest BCUT2D eigenvalue weighted by Crippen LogP contribution is 2.47. The number of allylic oxidation sites excluding steroid dienone is 2. The first-order valence-electron chi connectivity index (χ1n) is 15.3. The van der Waals surface area contributed by atoms with E-state index in [1.807, 2.05) is 32.9 Å². The van der Waals surface area contributed by atoms with Crippen molar-refractivity contribution in [3.8, 4) is 5.75 Å². The number of anilines is 1. The minimum Gasteiger partial charge on any atom is -0.512 e. The third-order valence-corrected chi connectivity index (χ3v) is 8.12. The standard InChI is InChI=1S/C31H40N4O5.C2H6/c1-4-6-12-24(34-30-32-15-9-16-33-30)18-25-27(36)20-31(40-29(25)37,23-10-7-8-11-23)14-13-22-17-21(5-2)26(35-38)19-28(22)39-3;1-2/h9,12,15-17,19,23,36H,4-8,10-11,13-14,18,20H2,1-3H3,(H,32,33,34);1-2H3/b24-12+;. The number of unbranched alkanes of at least 4 members (excludes halogenated alkanes) is 1. The van der Waals surface area contributed by atoms with E-state index < -0.39 is 11.6 Å². The molecule has 1 unspecified atom stereocenters. The normalized spacial score (nSPS) is 19.2. The van der Waals surface area contributed by atoms with Gasteiger partial charge in [-0.25, -0.2) is 14.8 Å². The van der Waals surface area contributed by atoms with Crippen LogP contribution in [0.3, 0.4) is 0 Å². The van der Waals surface area contributed by atoms with Crippen LogP contribution in [0.25, 0.3) is 0 Å². The van der Waals surface area contributed by atoms with Gasteiger partial charge < -0.3 is 19.9 Å². The quantitative estimate of drug-likeness (QED) is 0.180. The number of aromatic nitrogens is 2. The Hall–Kier alpha value is -3.75. The summed E-state index contributed by atoms with van der Waals surface area (Å²) in [6, 6.07) is 5.38. The van der Waals surface area contributed by atoms with E-state index in [-0.39, 0.29) is 30.1 Å². The number of aryl methyl sites for hydroxylation is 2. The Morgan fingerprint density at radius 3 is 2.50 bits per heavy atom. The van der Waals surface area contributed by atoms with E-state index in [0.717, 1.165) is 55.3 Å². The lowest BCUT2D eigenvalue weighted by Crippen LogP contribution is -2.46. The predicted molar refractivity (Wildman–Crippen MR) is 166 cm³/mol. The van der Waals surface area contributed by atoms with Crippen LogP contribution in [0, 0.1) is 10.8 Å². The number of ether oxygens (including phenoxy) is 2. The predicted octanol–water partition coefficient (Wildman–Crippen LogP) is 8.28. The number of hydrogen-bond acceptors (Lipinski definition) is 9. The van der Waals surface area contributed by atoms with Crippen molar-refractivity contribution in [2.75, 3.05) is 12.4 Å². The maximum absolute atomic E-state index is 13.6. The van der Waals surface area contributed by atoms with Crippen molar-refractivity contribution in [3.63, 3.8) is 0 Å². The van der Waals surface area contributed by atoms with E-state index in [4.69, 9.17) is 9.47 Å². The van der Waals surface area contributed by atoms with E-state index in [1.165, 1.54) is 0 Å². The lowest BCUT2D eigenvalue weighted by molar-refractivity contribution is -0.167. The van der Waals surface area contributed by atoms with Crippen molar-refractivity contribution in [1.82, 2.24) is 9.97 Å². The van der Waals surface area contributed by atoms with Gasteiger partial charge in [0.2, 0.25) is 5.95 Å². The minimum atomic E-state index is -0.802. The zero-order valence-corrected chi connectivity index (χ0v) is 25.7. The van der Waals surface area contributed by atoms with Crippen molar-refractivity contribution >= 4 is 17.6 Å². The van der Waals surface area contributed by atoms with Gasteiger partial charge in [0.25, 0.3) is 0 Å². The van der Waals surface area contributed by atoms with Gasteiger partial charge in [-0.15, -0.1) is 4.91 Å². The van der Waals surface area contributed by atoms with Crippen molar-refractivity contribution in [3.05, 3.63) is 69.7 Å². The van der Waals surface area contributed by atoms with Gasteiger partial charge in [0.1, 0.15) is 22.8 Å². The molecule has 9 nitrogen and oxygen atoms in total. The molecule has 1 aromatic heterocycles. The first-order valence-corrected chi connectivity index (χ1v) is 15.3. The summed E-state index contributed by atoms with van der Waals surface area (Å²) in [6.07, 6.45) is 13.4. The average molecular weight is 579 g/mol. The second kappa shape index (κ2) is 16.0. The number of methoxy groups -OCH3 is 1. The summed E-state index contributed by atoms with van der Waals surface area (Å²) in [5.74, 6) is 0.804. The van der Waals surface area contributed by atoms with E-state index in [2.05, 4.69) is 27.4 Å². The monoisotopic (exact) mass is 578 g/mol. The molecule has 0 spiro atoms. The molecule has 42 heavy (non-hydrogen) atoms. The van der Waals surface area contributed by atoms with Crippen molar-refractivity contribution < 1.29 is 19.4 Å². The van der Waals surface area contributed by atoms with Crippen LogP contribution in [-0.2, 0) is 22.4 Å². The molecule has 1 aliphatic heterocycles. The summed E-state index contributed by atoms with van der Waals surface area (Å²) in [4.78, 5) is 33.3.